The molecule has 247 valence electrons. The summed E-state index contributed by atoms with van der Waals surface area (Å²) in [6.07, 6.45) is 17.2. The van der Waals surface area contributed by atoms with Gasteiger partial charge in [0.15, 0.2) is 8.24 Å². The maximum Gasteiger partial charge on any atom is 0.258 e. The van der Waals surface area contributed by atoms with Crippen molar-refractivity contribution in [3.8, 4) is 11.4 Å². The predicted octanol–water partition coefficient (Wildman–Crippen LogP) is 5.12. The van der Waals surface area contributed by atoms with Crippen LogP contribution in [-0.4, -0.2) is 63.9 Å². The van der Waals surface area contributed by atoms with E-state index in [2.05, 4.69) is 149 Å². The minimum Gasteiger partial charge on any atom is -0.508 e. The molecule has 0 atom stereocenters. The number of aromatic nitrogens is 6. The van der Waals surface area contributed by atoms with Crippen LogP contribution in [-0.2, 0) is 27.2 Å². The molecular formula is C33H43IrN10Si2-5. The van der Waals surface area contributed by atoms with Crippen LogP contribution >= 0.6 is 0 Å². The number of unbranched alkanes of at least 4 members (excludes halogenated alkanes) is 1. The predicted molar refractivity (Wildman–Crippen MR) is 183 cm³/mol. The van der Waals surface area contributed by atoms with Gasteiger partial charge in [-0.3, -0.25) is 9.45 Å². The van der Waals surface area contributed by atoms with Crippen LogP contribution in [0.15, 0.2) is 73.3 Å². The summed E-state index contributed by atoms with van der Waals surface area (Å²) in [7, 11) is -1.18. The standard InChI is InChI=1S/C22H22N4.C11H21N6Si2.Ir/c1-3-9-21(10-4-1)25-17-15-23(19-25)13-7-8-14-24-16-18-26(20-24)22-11-5-2-6-12-22;1-15-11(9-17(14-15)19(5,6)7)10-8-16(13-12-10)18(2,3)4;/h1-6,9,11,15-20H,7-8,13-14H2;1-7H3;/q-4;-1;. The second-order valence-corrected chi connectivity index (χ2v) is 22.5. The van der Waals surface area contributed by atoms with E-state index >= 15 is 0 Å². The molecule has 0 aliphatic carbocycles. The van der Waals surface area contributed by atoms with Gasteiger partial charge in [-0.15, -0.1) is 22.3 Å². The number of hydrogen-bond donors (Lipinski definition) is 0. The van der Waals surface area contributed by atoms with Gasteiger partial charge in [-0.1, -0.05) is 25.8 Å². The Balaban J connectivity index is 0.000000215. The van der Waals surface area contributed by atoms with Crippen LogP contribution in [0, 0.1) is 37.9 Å². The molecule has 0 fully saturated rings. The zero-order valence-corrected chi connectivity index (χ0v) is 32.1. The first-order valence-electron chi connectivity index (χ1n) is 15.3. The molecule has 0 bridgehead atoms. The van der Waals surface area contributed by atoms with Crippen molar-refractivity contribution in [1.82, 2.24) is 34.4 Å². The Kier molecular flexibility index (Phi) is 11.8. The van der Waals surface area contributed by atoms with Crippen LogP contribution in [0.25, 0.3) is 11.4 Å². The van der Waals surface area contributed by atoms with Crippen molar-refractivity contribution in [2.75, 3.05) is 22.9 Å². The molecule has 0 saturated carbocycles. The third-order valence-electron chi connectivity index (χ3n) is 7.11. The molecule has 46 heavy (non-hydrogen) atoms. The average molecular weight is 828 g/mol. The summed E-state index contributed by atoms with van der Waals surface area (Å²) in [5, 5.41) is 12.9. The SMILES string of the molecule is Cn1n[n+]([Si](C)(C)C)[c-]c1-c1[c-]n([Si](C)(C)C)nn1.[Ir].[c-]1ccccc1N1C=CN(CCCCN2C=CN(c3[c-]cccc3)[CH-]2)[CH-]1. The second kappa shape index (κ2) is 15.4. The first kappa shape index (κ1) is 35.3. The molecule has 0 spiro atoms. The summed E-state index contributed by atoms with van der Waals surface area (Å²) in [6.45, 7) is 19.6. The van der Waals surface area contributed by atoms with E-state index in [9.17, 15) is 0 Å². The van der Waals surface area contributed by atoms with Gasteiger partial charge in [-0.25, -0.2) is 10.9 Å². The fourth-order valence-corrected chi connectivity index (χ4v) is 6.13. The van der Waals surface area contributed by atoms with E-state index in [0.717, 1.165) is 48.7 Å². The molecule has 2 aliphatic heterocycles. The number of aryl methyl sites for hydroxylation is 1. The van der Waals surface area contributed by atoms with Gasteiger partial charge in [0.25, 0.3) is 8.24 Å². The Hall–Kier alpha value is -3.52. The summed E-state index contributed by atoms with van der Waals surface area (Å²) in [5.74, 6) is 0. The van der Waals surface area contributed by atoms with Crippen molar-refractivity contribution in [3.05, 3.63) is 111 Å². The summed E-state index contributed by atoms with van der Waals surface area (Å²) < 4.78 is 5.62. The smallest absolute Gasteiger partial charge is 0.258 e. The zero-order chi connectivity index (χ0) is 32.0. The Morgan fingerprint density at radius 1 is 0.783 bits per heavy atom. The van der Waals surface area contributed by atoms with Crippen molar-refractivity contribution >= 4 is 27.8 Å². The molecular weight excluding hydrogens is 785 g/mol. The molecule has 4 heterocycles. The van der Waals surface area contributed by atoms with Crippen molar-refractivity contribution < 1.29 is 24.5 Å². The summed E-state index contributed by atoms with van der Waals surface area (Å²) in [5.41, 5.74) is 3.70. The molecule has 2 aromatic heterocycles. The number of rotatable bonds is 10. The second-order valence-electron chi connectivity index (χ2n) is 13.0. The molecule has 0 saturated heterocycles. The van der Waals surface area contributed by atoms with Crippen LogP contribution < -0.4 is 14.1 Å². The van der Waals surface area contributed by atoms with Crippen LogP contribution in [0.1, 0.15) is 12.8 Å². The Morgan fingerprint density at radius 3 is 1.74 bits per heavy atom. The zero-order valence-electron chi connectivity index (χ0n) is 27.7. The van der Waals surface area contributed by atoms with Gasteiger partial charge in [-0.05, 0) is 70.4 Å². The van der Waals surface area contributed by atoms with Gasteiger partial charge in [0, 0.05) is 25.3 Å². The van der Waals surface area contributed by atoms with Gasteiger partial charge in [-0.2, -0.15) is 79.7 Å². The molecule has 4 aromatic rings. The minimum atomic E-state index is -1.55. The summed E-state index contributed by atoms with van der Waals surface area (Å²) in [6, 6.07) is 22.5. The summed E-state index contributed by atoms with van der Waals surface area (Å²) >= 11 is 0. The minimum absolute atomic E-state index is 0. The molecule has 2 aromatic carbocycles. The van der Waals surface area contributed by atoms with Gasteiger partial charge < -0.3 is 23.9 Å². The van der Waals surface area contributed by atoms with E-state index in [4.69, 9.17) is 0 Å². The van der Waals surface area contributed by atoms with E-state index < -0.39 is 16.5 Å². The van der Waals surface area contributed by atoms with Crippen molar-refractivity contribution in [3.63, 3.8) is 0 Å². The van der Waals surface area contributed by atoms with E-state index in [0.29, 0.717) is 0 Å². The molecule has 0 amide bonds. The number of nitrogens with zero attached hydrogens (tertiary/aromatic N) is 10. The van der Waals surface area contributed by atoms with E-state index in [1.165, 1.54) is 0 Å². The first-order chi connectivity index (χ1) is 21.5. The van der Waals surface area contributed by atoms with Crippen LogP contribution in [0.4, 0.5) is 11.4 Å². The Bertz CT molecular complexity index is 1510. The number of anilines is 2. The van der Waals surface area contributed by atoms with Gasteiger partial charge in [0.05, 0.1) is 7.05 Å². The maximum atomic E-state index is 4.48. The fraction of sp³-hybridized carbons (Fsp3) is 0.333. The van der Waals surface area contributed by atoms with Crippen molar-refractivity contribution in [1.29, 1.82) is 0 Å². The largest absolute Gasteiger partial charge is 0.508 e. The molecule has 10 nitrogen and oxygen atoms in total. The van der Waals surface area contributed by atoms with Crippen LogP contribution in [0.3, 0.4) is 0 Å². The topological polar surface area (TPSA) is 65.4 Å². The van der Waals surface area contributed by atoms with E-state index in [1.54, 1.807) is 4.68 Å². The Morgan fingerprint density at radius 2 is 1.33 bits per heavy atom. The number of benzene rings is 2. The quantitative estimate of drug-likeness (QED) is 0.125. The maximum absolute atomic E-state index is 4.48. The van der Waals surface area contributed by atoms with Gasteiger partial charge in [0.2, 0.25) is 0 Å². The van der Waals surface area contributed by atoms with Crippen molar-refractivity contribution in [2.24, 2.45) is 7.05 Å². The van der Waals surface area contributed by atoms with Crippen LogP contribution in [0.2, 0.25) is 39.3 Å². The van der Waals surface area contributed by atoms with E-state index in [-0.39, 0.29) is 20.1 Å². The molecule has 2 aliphatic rings. The molecule has 0 N–H and O–H groups in total. The fourth-order valence-electron chi connectivity index (χ4n) is 4.53. The molecule has 1 radical (unpaired) electrons. The van der Waals surface area contributed by atoms with Crippen LogP contribution in [0.5, 0.6) is 0 Å². The van der Waals surface area contributed by atoms with Gasteiger partial charge >= 0.3 is 0 Å². The molecule has 0 unspecified atom stereocenters. The normalized spacial score (nSPS) is 14.5. The third kappa shape index (κ3) is 9.28. The molecule has 13 heteroatoms. The number of hydrogen-bond acceptors (Lipinski definition) is 7. The molecule has 6 rings (SSSR count). The van der Waals surface area contributed by atoms with Crippen molar-refractivity contribution in [2.45, 2.75) is 52.1 Å². The monoisotopic (exact) mass is 828 g/mol. The number of para-hydroxylation sites is 2. The summed E-state index contributed by atoms with van der Waals surface area (Å²) in [4.78, 5) is 8.67. The third-order valence-corrected chi connectivity index (χ3v) is 10.1. The van der Waals surface area contributed by atoms with E-state index in [1.807, 2.05) is 52.1 Å². The Labute approximate surface area is 290 Å². The first-order valence-corrected chi connectivity index (χ1v) is 22.2. The average Bonchev–Trinajstić information content (AvgIpc) is 3.83. The van der Waals surface area contributed by atoms with Gasteiger partial charge in [0.1, 0.15) is 0 Å².